The lowest BCUT2D eigenvalue weighted by atomic mass is 9.94. The van der Waals surface area contributed by atoms with Crippen molar-refractivity contribution in [2.75, 3.05) is 17.7 Å². The van der Waals surface area contributed by atoms with Crippen LogP contribution in [-0.4, -0.2) is 23.2 Å². The molecule has 1 unspecified atom stereocenters. The predicted octanol–water partition coefficient (Wildman–Crippen LogP) is 1.90. The third-order valence-electron chi connectivity index (χ3n) is 3.08. The lowest BCUT2D eigenvalue weighted by Gasteiger charge is -2.36. The van der Waals surface area contributed by atoms with Gasteiger partial charge in [0, 0.05) is 12.6 Å². The summed E-state index contributed by atoms with van der Waals surface area (Å²) in [6, 6.07) is 5.82. The first-order valence-corrected chi connectivity index (χ1v) is 6.07. The number of nitrogens with zero attached hydrogens (tertiary/aromatic N) is 2. The highest BCUT2D eigenvalue weighted by molar-refractivity contribution is 5.54. The predicted molar refractivity (Wildman–Crippen MR) is 70.0 cm³/mol. The molecule has 1 saturated heterocycles. The number of rotatable bonds is 2. The van der Waals surface area contributed by atoms with Crippen LogP contribution in [0.5, 0.6) is 0 Å². The highest BCUT2D eigenvalue weighted by atomic mass is 16.5. The van der Waals surface area contributed by atoms with Crippen molar-refractivity contribution in [3.63, 3.8) is 0 Å². The van der Waals surface area contributed by atoms with Crippen molar-refractivity contribution in [1.82, 2.24) is 4.98 Å². The van der Waals surface area contributed by atoms with Crippen molar-refractivity contribution in [3.05, 3.63) is 17.8 Å². The molecule has 96 valence electrons. The third kappa shape index (κ3) is 2.90. The maximum atomic E-state index is 8.89. The van der Waals surface area contributed by atoms with Crippen LogP contribution in [0.4, 0.5) is 11.5 Å². The Balaban J connectivity index is 2.08. The first-order valence-electron chi connectivity index (χ1n) is 6.07. The molecule has 5 nitrogen and oxygen atoms in total. The average molecular weight is 246 g/mol. The number of aromatic nitrogens is 1. The molecular formula is C13H18N4O. The minimum atomic E-state index is -0.109. The minimum Gasteiger partial charge on any atom is -0.396 e. The normalized spacial score (nSPS) is 22.2. The van der Waals surface area contributed by atoms with E-state index in [0.29, 0.717) is 17.5 Å². The van der Waals surface area contributed by atoms with Crippen LogP contribution in [0.25, 0.3) is 0 Å². The van der Waals surface area contributed by atoms with E-state index in [1.165, 1.54) is 0 Å². The van der Waals surface area contributed by atoms with Crippen molar-refractivity contribution in [3.8, 4) is 6.07 Å². The van der Waals surface area contributed by atoms with Crippen molar-refractivity contribution < 1.29 is 4.74 Å². The van der Waals surface area contributed by atoms with Crippen LogP contribution >= 0.6 is 0 Å². The number of nitrogens with two attached hydrogens (primary N) is 1. The Morgan fingerprint density at radius 1 is 1.56 bits per heavy atom. The van der Waals surface area contributed by atoms with E-state index in [1.54, 1.807) is 12.1 Å². The summed E-state index contributed by atoms with van der Waals surface area (Å²) in [5.41, 5.74) is 6.22. The number of nitriles is 1. The van der Waals surface area contributed by atoms with Gasteiger partial charge in [0.1, 0.15) is 11.9 Å². The van der Waals surface area contributed by atoms with Gasteiger partial charge in [-0.15, -0.1) is 0 Å². The fourth-order valence-electron chi connectivity index (χ4n) is 2.20. The Morgan fingerprint density at radius 3 is 3.00 bits per heavy atom. The maximum Gasteiger partial charge on any atom is 0.165 e. The Morgan fingerprint density at radius 2 is 2.33 bits per heavy atom. The molecule has 0 aromatic carbocycles. The van der Waals surface area contributed by atoms with Crippen LogP contribution < -0.4 is 11.1 Å². The van der Waals surface area contributed by atoms with Gasteiger partial charge in [-0.3, -0.25) is 0 Å². The van der Waals surface area contributed by atoms with Gasteiger partial charge < -0.3 is 15.8 Å². The van der Waals surface area contributed by atoms with Crippen LogP contribution in [0, 0.1) is 11.3 Å². The first-order chi connectivity index (χ1) is 8.50. The zero-order valence-corrected chi connectivity index (χ0v) is 10.7. The van der Waals surface area contributed by atoms with Gasteiger partial charge in [-0.25, -0.2) is 4.98 Å². The Labute approximate surface area is 107 Å². The van der Waals surface area contributed by atoms with Gasteiger partial charge in [0.15, 0.2) is 5.69 Å². The van der Waals surface area contributed by atoms with Gasteiger partial charge in [0.25, 0.3) is 0 Å². The summed E-state index contributed by atoms with van der Waals surface area (Å²) in [5, 5.41) is 12.2. The van der Waals surface area contributed by atoms with E-state index >= 15 is 0 Å². The number of nitrogens with one attached hydrogen (secondary N) is 1. The molecule has 18 heavy (non-hydrogen) atoms. The number of nitrogen functional groups attached to an aromatic ring is 1. The Hall–Kier alpha value is -1.80. The highest BCUT2D eigenvalue weighted by Gasteiger charge is 2.28. The zero-order chi connectivity index (χ0) is 13.2. The molecule has 1 aromatic heterocycles. The molecular weight excluding hydrogens is 228 g/mol. The Kier molecular flexibility index (Phi) is 3.39. The molecule has 0 aliphatic carbocycles. The number of hydrogen-bond donors (Lipinski definition) is 2. The monoisotopic (exact) mass is 246 g/mol. The zero-order valence-electron chi connectivity index (χ0n) is 10.7. The van der Waals surface area contributed by atoms with E-state index < -0.39 is 0 Å². The van der Waals surface area contributed by atoms with Crippen LogP contribution in [0.15, 0.2) is 12.1 Å². The molecule has 5 heteroatoms. The summed E-state index contributed by atoms with van der Waals surface area (Å²) < 4.78 is 5.66. The fraction of sp³-hybridized carbons (Fsp3) is 0.538. The second-order valence-corrected chi connectivity index (χ2v) is 5.19. The van der Waals surface area contributed by atoms with Crippen LogP contribution in [0.3, 0.4) is 0 Å². The quantitative estimate of drug-likeness (QED) is 0.832. The van der Waals surface area contributed by atoms with Crippen molar-refractivity contribution in [2.24, 2.45) is 0 Å². The Bertz CT molecular complexity index is 478. The summed E-state index contributed by atoms with van der Waals surface area (Å²) in [5.74, 6) is 0.698. The average Bonchev–Trinajstić information content (AvgIpc) is 2.30. The molecule has 2 rings (SSSR count). The van der Waals surface area contributed by atoms with Gasteiger partial charge in [-0.2, -0.15) is 5.26 Å². The molecule has 0 saturated carbocycles. The number of hydrogen-bond acceptors (Lipinski definition) is 5. The summed E-state index contributed by atoms with van der Waals surface area (Å²) >= 11 is 0. The standard InChI is InChI=1S/C13H18N4O/c1-13(2)7-9(5-6-18-13)16-12-4-3-10(15)11(8-14)17-12/h3-4,9H,5-7,15H2,1-2H3,(H,16,17). The van der Waals surface area contributed by atoms with E-state index in [9.17, 15) is 0 Å². The minimum absolute atomic E-state index is 0.109. The van der Waals surface area contributed by atoms with E-state index in [2.05, 4.69) is 24.1 Å². The molecule has 1 fully saturated rings. The second kappa shape index (κ2) is 4.83. The van der Waals surface area contributed by atoms with Gasteiger partial charge in [-0.05, 0) is 38.8 Å². The molecule has 0 bridgehead atoms. The molecule has 3 N–H and O–H groups in total. The van der Waals surface area contributed by atoms with Crippen molar-refractivity contribution in [1.29, 1.82) is 5.26 Å². The summed E-state index contributed by atoms with van der Waals surface area (Å²) in [4.78, 5) is 4.19. The molecule has 0 amide bonds. The first kappa shape index (κ1) is 12.7. The number of pyridine rings is 1. The smallest absolute Gasteiger partial charge is 0.165 e. The maximum absolute atomic E-state index is 8.89. The molecule has 1 aliphatic rings. The van der Waals surface area contributed by atoms with Crippen LogP contribution in [0.2, 0.25) is 0 Å². The van der Waals surface area contributed by atoms with Crippen molar-refractivity contribution in [2.45, 2.75) is 38.3 Å². The molecule has 2 heterocycles. The number of ether oxygens (including phenoxy) is 1. The molecule has 0 radical (unpaired) electrons. The number of anilines is 2. The van der Waals surface area contributed by atoms with E-state index in [-0.39, 0.29) is 11.3 Å². The van der Waals surface area contributed by atoms with E-state index in [4.69, 9.17) is 15.7 Å². The largest absolute Gasteiger partial charge is 0.396 e. The molecule has 0 spiro atoms. The van der Waals surface area contributed by atoms with Gasteiger partial charge in [0.2, 0.25) is 0 Å². The lowest BCUT2D eigenvalue weighted by Crippen LogP contribution is -2.40. The summed E-state index contributed by atoms with van der Waals surface area (Å²) in [6.45, 7) is 4.90. The molecule has 1 atom stereocenters. The van der Waals surface area contributed by atoms with Crippen LogP contribution in [0.1, 0.15) is 32.4 Å². The van der Waals surface area contributed by atoms with Gasteiger partial charge >= 0.3 is 0 Å². The second-order valence-electron chi connectivity index (χ2n) is 5.19. The topological polar surface area (TPSA) is 84.0 Å². The van der Waals surface area contributed by atoms with Gasteiger partial charge in [-0.1, -0.05) is 0 Å². The summed E-state index contributed by atoms with van der Waals surface area (Å²) in [6.07, 6.45) is 1.86. The fourth-order valence-corrected chi connectivity index (χ4v) is 2.20. The molecule has 1 aromatic rings. The molecule has 1 aliphatic heterocycles. The van der Waals surface area contributed by atoms with E-state index in [0.717, 1.165) is 19.4 Å². The van der Waals surface area contributed by atoms with Crippen LogP contribution in [-0.2, 0) is 4.74 Å². The third-order valence-corrected chi connectivity index (χ3v) is 3.08. The summed E-state index contributed by atoms with van der Waals surface area (Å²) in [7, 11) is 0. The lowest BCUT2D eigenvalue weighted by molar-refractivity contribution is -0.0553. The van der Waals surface area contributed by atoms with Crippen molar-refractivity contribution >= 4 is 11.5 Å². The SMILES string of the molecule is CC1(C)CC(Nc2ccc(N)c(C#N)n2)CCO1. The van der Waals surface area contributed by atoms with E-state index in [1.807, 2.05) is 6.07 Å². The van der Waals surface area contributed by atoms with Gasteiger partial charge in [0.05, 0.1) is 11.3 Å². The highest BCUT2D eigenvalue weighted by Crippen LogP contribution is 2.26.